The maximum absolute atomic E-state index is 12.9. The van der Waals surface area contributed by atoms with E-state index in [0.29, 0.717) is 26.4 Å². The summed E-state index contributed by atoms with van der Waals surface area (Å²) in [6, 6.07) is 12.9. The van der Waals surface area contributed by atoms with Gasteiger partial charge in [0.2, 0.25) is 0 Å². The molecule has 152 valence electrons. The lowest BCUT2D eigenvalue weighted by molar-refractivity contribution is -0.113. The molecule has 0 radical (unpaired) electrons. The van der Waals surface area contributed by atoms with Gasteiger partial charge in [-0.15, -0.1) is 0 Å². The molecule has 5 nitrogen and oxygen atoms in total. The fourth-order valence-electron chi connectivity index (χ4n) is 2.74. The molecule has 0 saturated carbocycles. The minimum atomic E-state index is -0.149. The molecule has 1 atom stereocenters. The Morgan fingerprint density at radius 2 is 1.83 bits per heavy atom. The molecule has 1 aliphatic heterocycles. The van der Waals surface area contributed by atoms with E-state index in [1.165, 1.54) is 16.7 Å². The van der Waals surface area contributed by atoms with Gasteiger partial charge in [-0.05, 0) is 61.4 Å². The van der Waals surface area contributed by atoms with Gasteiger partial charge in [-0.3, -0.25) is 9.69 Å². The van der Waals surface area contributed by atoms with E-state index in [-0.39, 0.29) is 12.0 Å². The van der Waals surface area contributed by atoms with Crippen molar-refractivity contribution in [3.8, 4) is 17.2 Å². The molecule has 7 heteroatoms. The van der Waals surface area contributed by atoms with Crippen LogP contribution in [-0.4, -0.2) is 30.6 Å². The Bertz CT molecular complexity index is 940. The van der Waals surface area contributed by atoms with E-state index in [1.54, 1.807) is 26.4 Å². The molecule has 0 N–H and O–H groups in total. The van der Waals surface area contributed by atoms with Crippen LogP contribution in [0.2, 0.25) is 0 Å². The SMILES string of the molecule is CC[C@H](C)Oc1ccc(/C=C2/SC(=S)N(c3ccc(OC)cc3)C2=O)cc1OC. The minimum absolute atomic E-state index is 0.0931. The lowest BCUT2D eigenvalue weighted by Crippen LogP contribution is -2.27. The maximum atomic E-state index is 12.9. The third-order valence-electron chi connectivity index (χ3n) is 4.51. The molecule has 0 bridgehead atoms. The number of thioether (sulfide) groups is 1. The van der Waals surface area contributed by atoms with Crippen LogP contribution in [0.3, 0.4) is 0 Å². The van der Waals surface area contributed by atoms with Gasteiger partial charge < -0.3 is 14.2 Å². The van der Waals surface area contributed by atoms with Crippen LogP contribution in [0.15, 0.2) is 47.4 Å². The van der Waals surface area contributed by atoms with Gasteiger partial charge in [-0.2, -0.15) is 0 Å². The van der Waals surface area contributed by atoms with Gasteiger partial charge in [0.25, 0.3) is 5.91 Å². The molecule has 0 aliphatic carbocycles. The number of methoxy groups -OCH3 is 2. The van der Waals surface area contributed by atoms with Gasteiger partial charge in [0.05, 0.1) is 30.9 Å². The zero-order valence-corrected chi connectivity index (χ0v) is 18.4. The first-order valence-corrected chi connectivity index (χ1v) is 10.5. The van der Waals surface area contributed by atoms with Crippen LogP contribution in [0.1, 0.15) is 25.8 Å². The predicted molar refractivity (Wildman–Crippen MR) is 122 cm³/mol. The van der Waals surface area contributed by atoms with Crippen LogP contribution in [-0.2, 0) is 4.79 Å². The van der Waals surface area contributed by atoms with Crippen molar-refractivity contribution in [2.45, 2.75) is 26.4 Å². The van der Waals surface area contributed by atoms with Gasteiger partial charge in [0, 0.05) is 0 Å². The van der Waals surface area contributed by atoms with Crippen LogP contribution < -0.4 is 19.1 Å². The quantitative estimate of drug-likeness (QED) is 0.440. The number of thiocarbonyl (C=S) groups is 1. The van der Waals surface area contributed by atoms with Gasteiger partial charge >= 0.3 is 0 Å². The highest BCUT2D eigenvalue weighted by atomic mass is 32.2. The van der Waals surface area contributed by atoms with Crippen molar-refractivity contribution >= 4 is 46.0 Å². The monoisotopic (exact) mass is 429 g/mol. The molecule has 1 amide bonds. The molecule has 0 spiro atoms. The van der Waals surface area contributed by atoms with E-state index < -0.39 is 0 Å². The van der Waals surface area contributed by atoms with Crippen LogP contribution >= 0.6 is 24.0 Å². The van der Waals surface area contributed by atoms with Gasteiger partial charge in [-0.25, -0.2) is 0 Å². The molecule has 2 aromatic rings. The van der Waals surface area contributed by atoms with Crippen LogP contribution in [0.25, 0.3) is 6.08 Å². The number of carbonyl (C=O) groups excluding carboxylic acids is 1. The molecule has 3 rings (SSSR count). The largest absolute Gasteiger partial charge is 0.497 e. The molecular formula is C22H23NO4S2. The fraction of sp³-hybridized carbons (Fsp3) is 0.273. The van der Waals surface area contributed by atoms with Crippen LogP contribution in [0.4, 0.5) is 5.69 Å². The Labute approximate surface area is 180 Å². The van der Waals surface area contributed by atoms with E-state index in [1.807, 2.05) is 43.3 Å². The molecule has 1 aliphatic rings. The second-order valence-corrected chi connectivity index (χ2v) is 8.14. The smallest absolute Gasteiger partial charge is 0.270 e. The summed E-state index contributed by atoms with van der Waals surface area (Å²) < 4.78 is 17.0. The summed E-state index contributed by atoms with van der Waals surface area (Å²) in [5.41, 5.74) is 1.56. The highest BCUT2D eigenvalue weighted by molar-refractivity contribution is 8.27. The predicted octanol–water partition coefficient (Wildman–Crippen LogP) is 5.29. The number of hydrogen-bond donors (Lipinski definition) is 0. The Morgan fingerprint density at radius 1 is 1.10 bits per heavy atom. The topological polar surface area (TPSA) is 48.0 Å². The zero-order chi connectivity index (χ0) is 21.0. The number of anilines is 1. The summed E-state index contributed by atoms with van der Waals surface area (Å²) in [6.07, 6.45) is 2.81. The van der Waals surface area contributed by atoms with Crippen molar-refractivity contribution in [3.05, 3.63) is 52.9 Å². The van der Waals surface area contributed by atoms with Crippen molar-refractivity contribution in [1.29, 1.82) is 0 Å². The van der Waals surface area contributed by atoms with Crippen molar-refractivity contribution < 1.29 is 19.0 Å². The Morgan fingerprint density at radius 3 is 2.45 bits per heavy atom. The number of hydrogen-bond acceptors (Lipinski definition) is 6. The Balaban J connectivity index is 1.85. The van der Waals surface area contributed by atoms with Gasteiger partial charge in [0.15, 0.2) is 15.8 Å². The number of rotatable bonds is 7. The second kappa shape index (κ2) is 9.33. The van der Waals surface area contributed by atoms with Gasteiger partial charge in [-0.1, -0.05) is 37.0 Å². The number of nitrogens with zero attached hydrogens (tertiary/aromatic N) is 1. The summed E-state index contributed by atoms with van der Waals surface area (Å²) in [7, 11) is 3.20. The number of ether oxygens (including phenoxy) is 3. The van der Waals surface area contributed by atoms with Crippen LogP contribution in [0, 0.1) is 0 Å². The van der Waals surface area contributed by atoms with E-state index in [2.05, 4.69) is 6.92 Å². The van der Waals surface area contributed by atoms with E-state index in [9.17, 15) is 4.79 Å². The van der Waals surface area contributed by atoms with Crippen molar-refractivity contribution in [3.63, 3.8) is 0 Å². The van der Waals surface area contributed by atoms with Crippen molar-refractivity contribution in [1.82, 2.24) is 0 Å². The zero-order valence-electron chi connectivity index (χ0n) is 16.8. The molecule has 2 aromatic carbocycles. The van der Waals surface area contributed by atoms with Crippen LogP contribution in [0.5, 0.6) is 17.2 Å². The molecular weight excluding hydrogens is 406 g/mol. The highest BCUT2D eigenvalue weighted by Gasteiger charge is 2.33. The number of benzene rings is 2. The lowest BCUT2D eigenvalue weighted by Gasteiger charge is -2.16. The second-order valence-electron chi connectivity index (χ2n) is 6.46. The Kier molecular flexibility index (Phi) is 6.82. The number of amides is 1. The Hall–Kier alpha value is -2.51. The summed E-state index contributed by atoms with van der Waals surface area (Å²) in [6.45, 7) is 4.08. The normalized spacial score (nSPS) is 16.3. The summed E-state index contributed by atoms with van der Waals surface area (Å²) in [5, 5.41) is 0. The summed E-state index contributed by atoms with van der Waals surface area (Å²) in [4.78, 5) is 15.0. The van der Waals surface area contributed by atoms with E-state index in [4.69, 9.17) is 26.4 Å². The van der Waals surface area contributed by atoms with E-state index in [0.717, 1.165) is 17.7 Å². The average Bonchev–Trinajstić information content (AvgIpc) is 3.01. The molecule has 1 fully saturated rings. The molecule has 0 unspecified atom stereocenters. The first kappa shape index (κ1) is 21.2. The molecule has 1 saturated heterocycles. The lowest BCUT2D eigenvalue weighted by atomic mass is 10.1. The molecule has 1 heterocycles. The molecule has 29 heavy (non-hydrogen) atoms. The first-order chi connectivity index (χ1) is 14.0. The maximum Gasteiger partial charge on any atom is 0.270 e. The molecule has 0 aromatic heterocycles. The third-order valence-corrected chi connectivity index (χ3v) is 5.82. The van der Waals surface area contributed by atoms with E-state index >= 15 is 0 Å². The van der Waals surface area contributed by atoms with Crippen molar-refractivity contribution in [2.24, 2.45) is 0 Å². The summed E-state index contributed by atoms with van der Waals surface area (Å²) >= 11 is 6.71. The number of carbonyl (C=O) groups is 1. The van der Waals surface area contributed by atoms with Gasteiger partial charge in [0.1, 0.15) is 5.75 Å². The fourth-order valence-corrected chi connectivity index (χ4v) is 4.04. The highest BCUT2D eigenvalue weighted by Crippen LogP contribution is 2.37. The standard InChI is InChI=1S/C22H23NO4S2/c1-5-14(2)27-18-11-6-15(12-19(18)26-4)13-20-21(24)23(22(28)29-20)16-7-9-17(25-3)10-8-16/h6-14H,5H2,1-4H3/b20-13+/t14-/m0/s1. The first-order valence-electron chi connectivity index (χ1n) is 9.23. The minimum Gasteiger partial charge on any atom is -0.497 e. The van der Waals surface area contributed by atoms with Crippen molar-refractivity contribution in [2.75, 3.05) is 19.1 Å². The third kappa shape index (κ3) is 4.74. The summed E-state index contributed by atoms with van der Waals surface area (Å²) in [5.74, 6) is 1.89. The average molecular weight is 430 g/mol.